The Morgan fingerprint density at radius 1 is 1.19 bits per heavy atom. The number of alkyl halides is 3. The normalized spacial score (nSPS) is 16.2. The molecule has 0 aliphatic carbocycles. The van der Waals surface area contributed by atoms with Crippen molar-refractivity contribution in [3.05, 3.63) is 35.9 Å². The van der Waals surface area contributed by atoms with Crippen LogP contribution >= 0.6 is 0 Å². The molecular weight excluding hydrogens is 287 g/mol. The minimum Gasteiger partial charge on any atom is -0.480 e. The van der Waals surface area contributed by atoms with Gasteiger partial charge in [0, 0.05) is 0 Å². The predicted molar refractivity (Wildman–Crippen MR) is 70.5 cm³/mol. The minimum absolute atomic E-state index is 0.0197. The maximum Gasteiger partial charge on any atom is 0.421 e. The first-order valence-electron chi connectivity index (χ1n) is 6.51. The van der Waals surface area contributed by atoms with Crippen molar-refractivity contribution in [3.8, 4) is 0 Å². The van der Waals surface area contributed by atoms with Crippen LogP contribution in [-0.2, 0) is 10.4 Å². The van der Waals surface area contributed by atoms with Crippen molar-refractivity contribution in [1.82, 2.24) is 0 Å². The van der Waals surface area contributed by atoms with E-state index in [2.05, 4.69) is 0 Å². The number of unbranched alkanes of at least 4 members (excludes halogenated alkanes) is 1. The molecule has 0 bridgehead atoms. The average molecular weight is 305 g/mol. The van der Waals surface area contributed by atoms with Crippen molar-refractivity contribution < 1.29 is 28.2 Å². The van der Waals surface area contributed by atoms with Crippen LogP contribution in [0.2, 0.25) is 0 Å². The Kier molecular flexibility index (Phi) is 5.74. The minimum atomic E-state index is -4.80. The van der Waals surface area contributed by atoms with E-state index >= 15 is 0 Å². The van der Waals surface area contributed by atoms with Gasteiger partial charge in [-0.05, 0) is 24.8 Å². The molecule has 21 heavy (non-hydrogen) atoms. The maximum atomic E-state index is 13.1. The van der Waals surface area contributed by atoms with Crippen molar-refractivity contribution in [2.45, 2.75) is 43.5 Å². The van der Waals surface area contributed by atoms with Crippen LogP contribution in [0.25, 0.3) is 0 Å². The first-order valence-corrected chi connectivity index (χ1v) is 6.51. The highest BCUT2D eigenvalue weighted by Crippen LogP contribution is 2.42. The smallest absolute Gasteiger partial charge is 0.421 e. The van der Waals surface area contributed by atoms with Crippen molar-refractivity contribution in [2.75, 3.05) is 0 Å². The van der Waals surface area contributed by atoms with Gasteiger partial charge in [-0.3, -0.25) is 4.79 Å². The van der Waals surface area contributed by atoms with Crippen LogP contribution in [0.3, 0.4) is 0 Å². The zero-order valence-electron chi connectivity index (χ0n) is 11.3. The summed E-state index contributed by atoms with van der Waals surface area (Å²) in [4.78, 5) is 10.5. The number of rotatable bonds is 7. The Hall–Kier alpha value is -1.60. The van der Waals surface area contributed by atoms with Gasteiger partial charge >= 0.3 is 12.1 Å². The third kappa shape index (κ3) is 4.44. The molecule has 1 rings (SSSR count). The molecule has 0 spiro atoms. The van der Waals surface area contributed by atoms with Crippen LogP contribution in [0.5, 0.6) is 0 Å². The molecule has 2 atom stereocenters. The van der Waals surface area contributed by atoms with E-state index in [0.29, 0.717) is 0 Å². The van der Waals surface area contributed by atoms with E-state index < -0.39 is 30.2 Å². The SMILES string of the molecule is N[C@@H](CCCC[C@@](O)(c1ccccc1)C(F)(F)F)C(=O)O. The highest BCUT2D eigenvalue weighted by atomic mass is 19.4. The lowest BCUT2D eigenvalue weighted by Crippen LogP contribution is -2.42. The Labute approximate surface area is 120 Å². The second-order valence-corrected chi connectivity index (χ2v) is 4.91. The van der Waals surface area contributed by atoms with Crippen LogP contribution < -0.4 is 5.73 Å². The van der Waals surface area contributed by atoms with Gasteiger partial charge in [0.1, 0.15) is 6.04 Å². The van der Waals surface area contributed by atoms with E-state index in [1.807, 2.05) is 0 Å². The molecule has 0 saturated carbocycles. The van der Waals surface area contributed by atoms with Gasteiger partial charge in [-0.2, -0.15) is 13.2 Å². The first-order chi connectivity index (χ1) is 9.68. The number of benzene rings is 1. The predicted octanol–water partition coefficient (Wildman–Crippen LogP) is 2.41. The molecule has 0 amide bonds. The number of carboxylic acids is 1. The maximum absolute atomic E-state index is 13.1. The third-order valence-electron chi connectivity index (χ3n) is 3.34. The van der Waals surface area contributed by atoms with Crippen LogP contribution in [-0.4, -0.2) is 28.4 Å². The quantitative estimate of drug-likeness (QED) is 0.675. The van der Waals surface area contributed by atoms with Gasteiger partial charge in [0.15, 0.2) is 5.60 Å². The van der Waals surface area contributed by atoms with Crippen LogP contribution in [0, 0.1) is 0 Å². The Morgan fingerprint density at radius 3 is 2.24 bits per heavy atom. The molecule has 0 saturated heterocycles. The van der Waals surface area contributed by atoms with E-state index in [0.717, 1.165) is 0 Å². The summed E-state index contributed by atoms with van der Waals surface area (Å²) >= 11 is 0. The summed E-state index contributed by atoms with van der Waals surface area (Å²) in [6.45, 7) is 0. The van der Waals surface area contributed by atoms with Crippen molar-refractivity contribution in [1.29, 1.82) is 0 Å². The molecule has 1 aromatic carbocycles. The Bertz CT molecular complexity index is 464. The van der Waals surface area contributed by atoms with Crippen molar-refractivity contribution in [2.24, 2.45) is 5.73 Å². The van der Waals surface area contributed by atoms with Gasteiger partial charge < -0.3 is 15.9 Å². The lowest BCUT2D eigenvalue weighted by Gasteiger charge is -2.31. The third-order valence-corrected chi connectivity index (χ3v) is 3.34. The molecule has 4 nitrogen and oxygen atoms in total. The topological polar surface area (TPSA) is 83.5 Å². The fraction of sp³-hybridized carbons (Fsp3) is 0.500. The summed E-state index contributed by atoms with van der Waals surface area (Å²) in [7, 11) is 0. The molecule has 1 aromatic rings. The number of aliphatic carboxylic acids is 1. The average Bonchev–Trinajstić information content (AvgIpc) is 2.42. The van der Waals surface area contributed by atoms with Crippen LogP contribution in [0.15, 0.2) is 30.3 Å². The lowest BCUT2D eigenvalue weighted by atomic mass is 9.87. The van der Waals surface area contributed by atoms with Crippen molar-refractivity contribution >= 4 is 5.97 Å². The zero-order chi connectivity index (χ0) is 16.1. The summed E-state index contributed by atoms with van der Waals surface area (Å²) < 4.78 is 39.4. The molecular formula is C14H18F3NO3. The number of carboxylic acid groups (broad SMARTS) is 1. The van der Waals surface area contributed by atoms with Crippen LogP contribution in [0.4, 0.5) is 13.2 Å². The lowest BCUT2D eigenvalue weighted by molar-refractivity contribution is -0.269. The summed E-state index contributed by atoms with van der Waals surface area (Å²) in [6, 6.07) is 5.75. The summed E-state index contributed by atoms with van der Waals surface area (Å²) in [5, 5.41) is 18.6. The van der Waals surface area contributed by atoms with Gasteiger partial charge in [-0.1, -0.05) is 36.8 Å². The number of halogens is 3. The molecule has 4 N–H and O–H groups in total. The molecule has 0 aromatic heterocycles. The first kappa shape index (κ1) is 17.5. The summed E-state index contributed by atoms with van der Waals surface area (Å²) in [5.74, 6) is -1.19. The molecule has 7 heteroatoms. The van der Waals surface area contributed by atoms with Gasteiger partial charge in [-0.25, -0.2) is 0 Å². The fourth-order valence-electron chi connectivity index (χ4n) is 2.03. The largest absolute Gasteiger partial charge is 0.480 e. The number of nitrogens with two attached hydrogens (primary N) is 1. The van der Waals surface area contributed by atoms with Gasteiger partial charge in [0.2, 0.25) is 0 Å². The standard InChI is InChI=1S/C14H18F3NO3/c15-14(16,17)13(21,10-6-2-1-3-7-10)9-5-4-8-11(18)12(19)20/h1-3,6-7,11,21H,4-5,8-9,18H2,(H,19,20)/t11-,13+/m0/s1. The van der Waals surface area contributed by atoms with E-state index in [1.165, 1.54) is 24.3 Å². The van der Waals surface area contributed by atoms with E-state index in [4.69, 9.17) is 10.8 Å². The molecule has 118 valence electrons. The van der Waals surface area contributed by atoms with Gasteiger partial charge in [-0.15, -0.1) is 0 Å². The second-order valence-electron chi connectivity index (χ2n) is 4.91. The van der Waals surface area contributed by atoms with Gasteiger partial charge in [0.25, 0.3) is 0 Å². The number of carbonyl (C=O) groups is 1. The number of hydrogen-bond acceptors (Lipinski definition) is 3. The van der Waals surface area contributed by atoms with E-state index in [-0.39, 0.29) is 24.8 Å². The van der Waals surface area contributed by atoms with E-state index in [9.17, 15) is 23.1 Å². The Balaban J connectivity index is 2.71. The van der Waals surface area contributed by atoms with Gasteiger partial charge in [0.05, 0.1) is 0 Å². The summed E-state index contributed by atoms with van der Waals surface area (Å²) in [5.41, 5.74) is 2.13. The fourth-order valence-corrected chi connectivity index (χ4v) is 2.03. The Morgan fingerprint density at radius 2 is 1.76 bits per heavy atom. The molecule has 0 heterocycles. The zero-order valence-corrected chi connectivity index (χ0v) is 11.3. The van der Waals surface area contributed by atoms with Crippen molar-refractivity contribution in [3.63, 3.8) is 0 Å². The summed E-state index contributed by atoms with van der Waals surface area (Å²) in [6.07, 6.45) is -5.06. The van der Waals surface area contributed by atoms with E-state index in [1.54, 1.807) is 6.07 Å². The molecule has 0 aliphatic rings. The number of hydrogen-bond donors (Lipinski definition) is 3. The number of aliphatic hydroxyl groups is 1. The highest BCUT2D eigenvalue weighted by molar-refractivity contribution is 5.72. The molecule has 0 aliphatic heterocycles. The highest BCUT2D eigenvalue weighted by Gasteiger charge is 2.54. The monoisotopic (exact) mass is 305 g/mol. The van der Waals surface area contributed by atoms with Crippen LogP contribution in [0.1, 0.15) is 31.2 Å². The molecule has 0 radical (unpaired) electrons. The second kappa shape index (κ2) is 6.91. The molecule has 0 unspecified atom stereocenters. The molecule has 0 fully saturated rings.